The molecule has 0 bridgehead atoms. The van der Waals surface area contributed by atoms with Crippen molar-refractivity contribution in [3.05, 3.63) is 28.2 Å². The fraction of sp³-hybridized carbons (Fsp3) is 0.500. The summed E-state index contributed by atoms with van der Waals surface area (Å²) in [4.78, 5) is 0.325. The van der Waals surface area contributed by atoms with Crippen molar-refractivity contribution in [2.24, 2.45) is 0 Å². The number of nitrogens with zero attached hydrogens (tertiary/aromatic N) is 1. The number of halogens is 1. The molecule has 0 aliphatic carbocycles. The Labute approximate surface area is 118 Å². The van der Waals surface area contributed by atoms with Crippen molar-refractivity contribution in [3.8, 4) is 0 Å². The normalized spacial score (nSPS) is 12.1. The highest BCUT2D eigenvalue weighted by molar-refractivity contribution is 9.10. The van der Waals surface area contributed by atoms with Gasteiger partial charge in [-0.1, -0.05) is 19.9 Å². The number of rotatable bonds is 6. The highest BCUT2D eigenvalue weighted by atomic mass is 79.9. The highest BCUT2D eigenvalue weighted by Gasteiger charge is 2.23. The summed E-state index contributed by atoms with van der Waals surface area (Å²) in [5.41, 5.74) is 1.04. The Bertz CT molecular complexity index is 499. The van der Waals surface area contributed by atoms with Crippen LogP contribution in [0.4, 0.5) is 0 Å². The Kier molecular flexibility index (Phi) is 5.78. The third kappa shape index (κ3) is 3.32. The molecule has 0 aromatic heterocycles. The van der Waals surface area contributed by atoms with Gasteiger partial charge in [0.15, 0.2) is 0 Å². The van der Waals surface area contributed by atoms with Crippen molar-refractivity contribution in [2.45, 2.75) is 25.3 Å². The second-order valence-electron chi connectivity index (χ2n) is 3.88. The van der Waals surface area contributed by atoms with Crippen molar-refractivity contribution in [1.29, 1.82) is 0 Å². The lowest BCUT2D eigenvalue weighted by molar-refractivity contribution is 0.445. The highest BCUT2D eigenvalue weighted by Crippen LogP contribution is 2.26. The Balaban J connectivity index is 3.17. The van der Waals surface area contributed by atoms with Gasteiger partial charge in [0.2, 0.25) is 10.0 Å². The molecule has 0 atom stereocenters. The molecular weight excluding hydrogens is 316 g/mol. The Morgan fingerprint density at radius 3 is 2.33 bits per heavy atom. The second kappa shape index (κ2) is 6.65. The van der Waals surface area contributed by atoms with Crippen LogP contribution < -0.4 is 5.32 Å². The van der Waals surface area contributed by atoms with Gasteiger partial charge in [0.25, 0.3) is 0 Å². The van der Waals surface area contributed by atoms with E-state index in [0.717, 1.165) is 5.56 Å². The van der Waals surface area contributed by atoms with E-state index in [1.54, 1.807) is 6.07 Å². The van der Waals surface area contributed by atoms with Crippen molar-refractivity contribution >= 4 is 26.0 Å². The molecule has 0 radical (unpaired) electrons. The molecule has 0 saturated heterocycles. The molecule has 0 aliphatic rings. The fourth-order valence-corrected chi connectivity index (χ4v) is 4.31. The maximum atomic E-state index is 12.4. The van der Waals surface area contributed by atoms with Crippen LogP contribution in [-0.4, -0.2) is 32.9 Å². The summed E-state index contributed by atoms with van der Waals surface area (Å²) in [5.74, 6) is 0. The van der Waals surface area contributed by atoms with Crippen LogP contribution in [0.2, 0.25) is 0 Å². The molecular formula is C12H19BrN2O2S. The Hall–Kier alpha value is -0.430. The fourth-order valence-electron chi connectivity index (χ4n) is 1.77. The first-order valence-corrected chi connectivity index (χ1v) is 8.13. The first-order valence-electron chi connectivity index (χ1n) is 5.90. The van der Waals surface area contributed by atoms with Gasteiger partial charge in [0.1, 0.15) is 0 Å². The number of hydrogen-bond donors (Lipinski definition) is 1. The lowest BCUT2D eigenvalue weighted by Gasteiger charge is -2.19. The molecule has 4 nitrogen and oxygen atoms in total. The standard InChI is InChI=1S/C12H19BrN2O2S/c1-4-15(5-2)18(16,17)12-7-6-10(9-14-3)8-11(12)13/h6-8,14H,4-5,9H2,1-3H3. The van der Waals surface area contributed by atoms with Crippen LogP contribution >= 0.6 is 15.9 Å². The minimum Gasteiger partial charge on any atom is -0.316 e. The smallest absolute Gasteiger partial charge is 0.244 e. The van der Waals surface area contributed by atoms with E-state index in [9.17, 15) is 8.42 Å². The van der Waals surface area contributed by atoms with Gasteiger partial charge in [0, 0.05) is 24.1 Å². The quantitative estimate of drug-likeness (QED) is 0.867. The maximum absolute atomic E-state index is 12.4. The zero-order valence-electron chi connectivity index (χ0n) is 10.9. The van der Waals surface area contributed by atoms with E-state index in [0.29, 0.717) is 29.0 Å². The monoisotopic (exact) mass is 334 g/mol. The van der Waals surface area contributed by atoms with Crippen LogP contribution in [0.3, 0.4) is 0 Å². The predicted molar refractivity (Wildman–Crippen MR) is 77.0 cm³/mol. The molecule has 1 N–H and O–H groups in total. The average Bonchev–Trinajstić information content (AvgIpc) is 2.30. The SMILES string of the molecule is CCN(CC)S(=O)(=O)c1ccc(CNC)cc1Br. The van der Waals surface area contributed by atoms with Gasteiger partial charge in [-0.2, -0.15) is 4.31 Å². The van der Waals surface area contributed by atoms with Gasteiger partial charge in [-0.15, -0.1) is 0 Å². The summed E-state index contributed by atoms with van der Waals surface area (Å²) >= 11 is 3.35. The van der Waals surface area contributed by atoms with E-state index >= 15 is 0 Å². The predicted octanol–water partition coefficient (Wildman–Crippen LogP) is 2.20. The molecule has 18 heavy (non-hydrogen) atoms. The molecule has 1 aromatic carbocycles. The molecule has 0 heterocycles. The minimum atomic E-state index is -3.40. The number of hydrogen-bond acceptors (Lipinski definition) is 3. The van der Waals surface area contributed by atoms with Gasteiger partial charge >= 0.3 is 0 Å². The van der Waals surface area contributed by atoms with Gasteiger partial charge < -0.3 is 5.32 Å². The average molecular weight is 335 g/mol. The van der Waals surface area contributed by atoms with E-state index in [1.807, 2.05) is 33.0 Å². The largest absolute Gasteiger partial charge is 0.316 e. The first kappa shape index (κ1) is 15.6. The molecule has 6 heteroatoms. The second-order valence-corrected chi connectivity index (χ2v) is 6.65. The molecule has 0 spiro atoms. The minimum absolute atomic E-state index is 0.325. The van der Waals surface area contributed by atoms with Crippen LogP contribution in [0, 0.1) is 0 Å². The van der Waals surface area contributed by atoms with Crippen molar-refractivity contribution < 1.29 is 8.42 Å². The van der Waals surface area contributed by atoms with Gasteiger partial charge in [-0.25, -0.2) is 8.42 Å². The molecule has 0 saturated carbocycles. The van der Waals surface area contributed by atoms with Gasteiger partial charge in [-0.05, 0) is 40.7 Å². The topological polar surface area (TPSA) is 49.4 Å². The van der Waals surface area contributed by atoms with Crippen LogP contribution in [0.5, 0.6) is 0 Å². The molecule has 102 valence electrons. The zero-order valence-corrected chi connectivity index (χ0v) is 13.3. The number of sulfonamides is 1. The summed E-state index contributed by atoms with van der Waals surface area (Å²) in [6.45, 7) is 5.34. The molecule has 1 rings (SSSR count). The third-order valence-corrected chi connectivity index (χ3v) is 5.73. The van der Waals surface area contributed by atoms with E-state index in [-0.39, 0.29) is 0 Å². The van der Waals surface area contributed by atoms with Crippen molar-refractivity contribution in [2.75, 3.05) is 20.1 Å². The summed E-state index contributed by atoms with van der Waals surface area (Å²) in [5, 5.41) is 3.03. The van der Waals surface area contributed by atoms with Crippen LogP contribution in [-0.2, 0) is 16.6 Å². The molecule has 0 amide bonds. The number of nitrogens with one attached hydrogen (secondary N) is 1. The van der Waals surface area contributed by atoms with E-state index in [4.69, 9.17) is 0 Å². The lowest BCUT2D eigenvalue weighted by Crippen LogP contribution is -2.30. The summed E-state index contributed by atoms with van der Waals surface area (Å²) in [6, 6.07) is 5.33. The summed E-state index contributed by atoms with van der Waals surface area (Å²) in [7, 11) is -1.54. The zero-order chi connectivity index (χ0) is 13.8. The van der Waals surface area contributed by atoms with E-state index in [1.165, 1.54) is 4.31 Å². The van der Waals surface area contributed by atoms with Crippen molar-refractivity contribution in [3.63, 3.8) is 0 Å². The lowest BCUT2D eigenvalue weighted by atomic mass is 10.2. The Morgan fingerprint density at radius 1 is 1.28 bits per heavy atom. The summed E-state index contributed by atoms with van der Waals surface area (Å²) < 4.78 is 26.8. The molecule has 0 fully saturated rings. The van der Waals surface area contributed by atoms with E-state index in [2.05, 4.69) is 21.2 Å². The summed E-state index contributed by atoms with van der Waals surface area (Å²) in [6.07, 6.45) is 0. The van der Waals surface area contributed by atoms with Crippen molar-refractivity contribution in [1.82, 2.24) is 9.62 Å². The third-order valence-electron chi connectivity index (χ3n) is 2.70. The van der Waals surface area contributed by atoms with Crippen LogP contribution in [0.15, 0.2) is 27.6 Å². The molecule has 0 unspecified atom stereocenters. The van der Waals surface area contributed by atoms with E-state index < -0.39 is 10.0 Å². The maximum Gasteiger partial charge on any atom is 0.244 e. The number of benzene rings is 1. The Morgan fingerprint density at radius 2 is 1.89 bits per heavy atom. The van der Waals surface area contributed by atoms with Gasteiger partial charge in [-0.3, -0.25) is 0 Å². The molecule has 1 aromatic rings. The van der Waals surface area contributed by atoms with Crippen LogP contribution in [0.1, 0.15) is 19.4 Å². The van der Waals surface area contributed by atoms with Crippen LogP contribution in [0.25, 0.3) is 0 Å². The van der Waals surface area contributed by atoms with Gasteiger partial charge in [0.05, 0.1) is 4.90 Å². The first-order chi connectivity index (χ1) is 8.47. The molecule has 0 aliphatic heterocycles.